The van der Waals surface area contributed by atoms with Crippen molar-refractivity contribution in [2.75, 3.05) is 38.1 Å². The molecule has 10 heteroatoms. The molecule has 0 aromatic carbocycles. The van der Waals surface area contributed by atoms with Crippen LogP contribution in [0.2, 0.25) is 0 Å². The molecule has 9 nitrogen and oxygen atoms in total. The Bertz CT molecular complexity index is 587. The third kappa shape index (κ3) is 5.68. The first-order chi connectivity index (χ1) is 12.0. The number of aromatic nitrogens is 1. The molecule has 1 atom stereocenters. The van der Waals surface area contributed by atoms with Gasteiger partial charge in [0.2, 0.25) is 11.8 Å². The van der Waals surface area contributed by atoms with E-state index in [0.29, 0.717) is 37.9 Å². The Morgan fingerprint density at radius 1 is 1.32 bits per heavy atom. The first kappa shape index (κ1) is 19.1. The minimum absolute atomic E-state index is 0.0685. The van der Waals surface area contributed by atoms with E-state index in [4.69, 9.17) is 10.5 Å². The van der Waals surface area contributed by atoms with Crippen molar-refractivity contribution in [1.82, 2.24) is 14.8 Å². The fourth-order valence-electron chi connectivity index (χ4n) is 2.40. The maximum Gasteiger partial charge on any atom is 0.409 e. The van der Waals surface area contributed by atoms with Crippen LogP contribution in [-0.2, 0) is 14.3 Å². The topological polar surface area (TPSA) is 118 Å². The van der Waals surface area contributed by atoms with Gasteiger partial charge in [0.15, 0.2) is 5.13 Å². The first-order valence-electron chi connectivity index (χ1n) is 8.16. The number of anilines is 1. The van der Waals surface area contributed by atoms with Crippen molar-refractivity contribution in [1.29, 1.82) is 0 Å². The van der Waals surface area contributed by atoms with Crippen molar-refractivity contribution >= 4 is 34.4 Å². The molecule has 1 aromatic heterocycles. The molecule has 0 unspecified atom stereocenters. The number of ether oxygens (including phenoxy) is 1. The fraction of sp³-hybridized carbons (Fsp3) is 0.600. The Labute approximate surface area is 150 Å². The molecule has 1 saturated heterocycles. The molecule has 25 heavy (non-hydrogen) atoms. The molecule has 0 bridgehead atoms. The SMILES string of the molecule is CCOC(=O)N1CCN(C(=O)CC[C@H](N)C(=O)Nc2nccs2)CC1. The maximum absolute atomic E-state index is 12.2. The number of nitrogens with one attached hydrogen (secondary N) is 1. The number of thiazole rings is 1. The number of carbonyl (C=O) groups excluding carboxylic acids is 3. The number of rotatable bonds is 6. The summed E-state index contributed by atoms with van der Waals surface area (Å²) in [5.41, 5.74) is 5.83. The summed E-state index contributed by atoms with van der Waals surface area (Å²) < 4.78 is 4.94. The van der Waals surface area contributed by atoms with E-state index in [9.17, 15) is 14.4 Å². The number of nitrogens with two attached hydrogens (primary N) is 1. The predicted octanol–water partition coefficient (Wildman–Crippen LogP) is 0.490. The standard InChI is InChI=1S/C15H23N5O4S/c1-2-24-15(23)20-8-6-19(7-9-20)12(21)4-3-11(16)13(22)18-14-17-5-10-25-14/h5,10-11H,2-4,6-9,16H2,1H3,(H,17,18,22)/t11-/m0/s1. The quantitative estimate of drug-likeness (QED) is 0.753. The van der Waals surface area contributed by atoms with Crippen molar-refractivity contribution in [2.45, 2.75) is 25.8 Å². The van der Waals surface area contributed by atoms with Gasteiger partial charge in [-0.25, -0.2) is 9.78 Å². The molecule has 0 radical (unpaired) electrons. The molecule has 0 spiro atoms. The van der Waals surface area contributed by atoms with Gasteiger partial charge in [0.05, 0.1) is 12.6 Å². The number of amides is 3. The van der Waals surface area contributed by atoms with Crippen LogP contribution in [0.3, 0.4) is 0 Å². The van der Waals surface area contributed by atoms with Crippen molar-refractivity contribution in [3.05, 3.63) is 11.6 Å². The lowest BCUT2D eigenvalue weighted by Gasteiger charge is -2.34. The summed E-state index contributed by atoms with van der Waals surface area (Å²) in [4.78, 5) is 43.0. The average Bonchev–Trinajstić information content (AvgIpc) is 3.12. The number of nitrogens with zero attached hydrogens (tertiary/aromatic N) is 3. The minimum Gasteiger partial charge on any atom is -0.450 e. The molecule has 138 valence electrons. The highest BCUT2D eigenvalue weighted by atomic mass is 32.1. The van der Waals surface area contributed by atoms with Gasteiger partial charge in [0, 0.05) is 44.2 Å². The molecule has 1 aliphatic heterocycles. The second kappa shape index (κ2) is 9.33. The van der Waals surface area contributed by atoms with Gasteiger partial charge in [0.1, 0.15) is 0 Å². The van der Waals surface area contributed by atoms with Crippen LogP contribution in [0.5, 0.6) is 0 Å². The van der Waals surface area contributed by atoms with Crippen molar-refractivity contribution < 1.29 is 19.1 Å². The summed E-state index contributed by atoms with van der Waals surface area (Å²) in [7, 11) is 0. The van der Waals surface area contributed by atoms with Gasteiger partial charge in [-0.15, -0.1) is 11.3 Å². The van der Waals surface area contributed by atoms with Crippen LogP contribution in [0, 0.1) is 0 Å². The summed E-state index contributed by atoms with van der Waals surface area (Å²) >= 11 is 1.31. The number of piperazine rings is 1. The van der Waals surface area contributed by atoms with Gasteiger partial charge >= 0.3 is 6.09 Å². The summed E-state index contributed by atoms with van der Waals surface area (Å²) in [6.45, 7) is 3.89. The molecule has 1 aromatic rings. The maximum atomic E-state index is 12.2. The van der Waals surface area contributed by atoms with E-state index in [-0.39, 0.29) is 30.7 Å². The minimum atomic E-state index is -0.770. The van der Waals surface area contributed by atoms with E-state index in [2.05, 4.69) is 10.3 Å². The molecule has 3 amide bonds. The molecule has 1 aliphatic rings. The lowest BCUT2D eigenvalue weighted by Crippen LogP contribution is -2.51. The largest absolute Gasteiger partial charge is 0.450 e. The van der Waals surface area contributed by atoms with Crippen molar-refractivity contribution in [2.24, 2.45) is 5.73 Å². The van der Waals surface area contributed by atoms with E-state index < -0.39 is 6.04 Å². The number of hydrogen-bond donors (Lipinski definition) is 2. The van der Waals surface area contributed by atoms with Crippen LogP contribution in [0.25, 0.3) is 0 Å². The van der Waals surface area contributed by atoms with Gasteiger partial charge in [-0.3, -0.25) is 9.59 Å². The Morgan fingerprint density at radius 2 is 2.00 bits per heavy atom. The van der Waals surface area contributed by atoms with Crippen LogP contribution < -0.4 is 11.1 Å². The molecule has 0 saturated carbocycles. The van der Waals surface area contributed by atoms with Crippen LogP contribution in [0.1, 0.15) is 19.8 Å². The normalized spacial score (nSPS) is 15.6. The highest BCUT2D eigenvalue weighted by molar-refractivity contribution is 7.13. The van der Waals surface area contributed by atoms with Gasteiger partial charge in [-0.2, -0.15) is 0 Å². The third-order valence-corrected chi connectivity index (χ3v) is 4.52. The van der Waals surface area contributed by atoms with Crippen molar-refractivity contribution in [3.63, 3.8) is 0 Å². The van der Waals surface area contributed by atoms with Gasteiger partial charge < -0.3 is 25.6 Å². The zero-order valence-electron chi connectivity index (χ0n) is 14.1. The number of hydrogen-bond acceptors (Lipinski definition) is 7. The predicted molar refractivity (Wildman–Crippen MR) is 93.1 cm³/mol. The van der Waals surface area contributed by atoms with Crippen LogP contribution in [0.4, 0.5) is 9.93 Å². The summed E-state index contributed by atoms with van der Waals surface area (Å²) in [5.74, 6) is -0.420. The summed E-state index contributed by atoms with van der Waals surface area (Å²) in [6, 6.07) is -0.770. The van der Waals surface area contributed by atoms with Gasteiger partial charge in [0.25, 0.3) is 0 Å². The molecule has 1 fully saturated rings. The van der Waals surface area contributed by atoms with Gasteiger partial charge in [-0.1, -0.05) is 0 Å². The van der Waals surface area contributed by atoms with E-state index in [1.54, 1.807) is 28.3 Å². The Balaban J connectivity index is 1.70. The molecule has 2 heterocycles. The van der Waals surface area contributed by atoms with E-state index in [1.165, 1.54) is 11.3 Å². The Kier molecular flexibility index (Phi) is 7.14. The summed E-state index contributed by atoms with van der Waals surface area (Å²) in [5, 5.41) is 4.85. The molecule has 3 N–H and O–H groups in total. The third-order valence-electron chi connectivity index (χ3n) is 3.83. The first-order valence-corrected chi connectivity index (χ1v) is 9.04. The summed E-state index contributed by atoms with van der Waals surface area (Å²) in [6.07, 6.45) is 1.68. The molecular weight excluding hydrogens is 346 g/mol. The van der Waals surface area contributed by atoms with Crippen molar-refractivity contribution in [3.8, 4) is 0 Å². The van der Waals surface area contributed by atoms with E-state index in [0.717, 1.165) is 0 Å². The lowest BCUT2D eigenvalue weighted by molar-refractivity contribution is -0.133. The zero-order chi connectivity index (χ0) is 18.2. The molecule has 2 rings (SSSR count). The molecular formula is C15H23N5O4S. The Hall–Kier alpha value is -2.20. The van der Waals surface area contributed by atoms with Crippen LogP contribution >= 0.6 is 11.3 Å². The monoisotopic (exact) mass is 369 g/mol. The molecule has 0 aliphatic carbocycles. The number of carbonyl (C=O) groups is 3. The second-order valence-electron chi connectivity index (χ2n) is 5.54. The Morgan fingerprint density at radius 3 is 2.60 bits per heavy atom. The average molecular weight is 369 g/mol. The second-order valence-corrected chi connectivity index (χ2v) is 6.43. The fourth-order valence-corrected chi connectivity index (χ4v) is 2.94. The highest BCUT2D eigenvalue weighted by Crippen LogP contribution is 2.12. The zero-order valence-corrected chi connectivity index (χ0v) is 15.0. The van der Waals surface area contributed by atoms with E-state index >= 15 is 0 Å². The highest BCUT2D eigenvalue weighted by Gasteiger charge is 2.25. The van der Waals surface area contributed by atoms with E-state index in [1.807, 2.05) is 0 Å². The van der Waals surface area contributed by atoms with Crippen LogP contribution in [0.15, 0.2) is 11.6 Å². The van der Waals surface area contributed by atoms with Crippen LogP contribution in [-0.4, -0.2) is 71.5 Å². The lowest BCUT2D eigenvalue weighted by atomic mass is 10.1. The van der Waals surface area contributed by atoms with Gasteiger partial charge in [-0.05, 0) is 13.3 Å². The smallest absolute Gasteiger partial charge is 0.409 e.